The number of hydroxylamine groups is 2. The molecular weight excluding hydrogens is 809 g/mol. The highest BCUT2D eigenvalue weighted by atomic mass is 16.7. The molecule has 4 saturated heterocycles. The van der Waals surface area contributed by atoms with Crippen molar-refractivity contribution >= 4 is 57.8 Å². The fourth-order valence-corrected chi connectivity index (χ4v) is 9.02. The van der Waals surface area contributed by atoms with E-state index in [0.717, 1.165) is 20.9 Å². The third-order valence-corrected chi connectivity index (χ3v) is 11.9. The number of carbonyl (C=O) groups is 4. The lowest BCUT2D eigenvalue weighted by molar-refractivity contribution is -0.385. The number of amides is 4. The van der Waals surface area contributed by atoms with Crippen LogP contribution in [0.5, 0.6) is 0 Å². The first kappa shape index (κ1) is 39.1. The minimum absolute atomic E-state index is 0.151. The second-order valence-corrected chi connectivity index (χ2v) is 15.6. The molecule has 0 spiro atoms. The predicted octanol–water partition coefficient (Wildman–Crippen LogP) is 7.20. The minimum Gasteiger partial charge on any atom is -0.273 e. The van der Waals surface area contributed by atoms with Crippen LogP contribution in [-0.2, 0) is 35.3 Å². The van der Waals surface area contributed by atoms with Crippen molar-refractivity contribution in [2.45, 2.75) is 30.7 Å². The van der Waals surface area contributed by atoms with Gasteiger partial charge in [-0.05, 0) is 77.2 Å². The molecule has 0 N–H and O–H groups in total. The quantitative estimate of drug-likeness (QED) is 0.0769. The van der Waals surface area contributed by atoms with Gasteiger partial charge in [0.15, 0.2) is 12.2 Å². The summed E-state index contributed by atoms with van der Waals surface area (Å²) < 4.78 is 0. The van der Waals surface area contributed by atoms with E-state index in [1.165, 1.54) is 34.4 Å². The van der Waals surface area contributed by atoms with Gasteiger partial charge in [0.25, 0.3) is 23.2 Å². The number of imide groups is 2. The zero-order chi connectivity index (χ0) is 43.5. The summed E-state index contributed by atoms with van der Waals surface area (Å²) in [6.45, 7) is 0. The maximum Gasteiger partial charge on any atom is 0.269 e. The molecule has 0 radical (unpaired) electrons. The summed E-state index contributed by atoms with van der Waals surface area (Å²) in [5, 5.41) is 26.3. The lowest BCUT2D eigenvalue weighted by Crippen LogP contribution is -2.37. The van der Waals surface area contributed by atoms with E-state index < -0.39 is 69.6 Å². The van der Waals surface area contributed by atoms with Crippen molar-refractivity contribution in [3.05, 3.63) is 200 Å². The fourth-order valence-electron chi connectivity index (χ4n) is 9.02. The smallest absolute Gasteiger partial charge is 0.269 e. The number of non-ortho nitro benzene ring substituents is 2. The third-order valence-electron chi connectivity index (χ3n) is 11.9. The average molecular weight is 843 g/mol. The van der Waals surface area contributed by atoms with Crippen molar-refractivity contribution in [1.29, 1.82) is 0 Å². The maximum absolute atomic E-state index is 14.2. The van der Waals surface area contributed by atoms with E-state index in [-0.39, 0.29) is 11.4 Å². The second kappa shape index (κ2) is 15.4. The van der Waals surface area contributed by atoms with E-state index in [1.807, 2.05) is 12.1 Å². The molecule has 0 saturated carbocycles. The van der Waals surface area contributed by atoms with Gasteiger partial charge in [0, 0.05) is 24.3 Å². The van der Waals surface area contributed by atoms with E-state index in [4.69, 9.17) is 9.68 Å². The van der Waals surface area contributed by atoms with Crippen molar-refractivity contribution in [3.63, 3.8) is 0 Å². The van der Waals surface area contributed by atoms with Gasteiger partial charge in [-0.25, -0.2) is 19.9 Å². The highest BCUT2D eigenvalue weighted by Crippen LogP contribution is 2.50. The number of nitro groups is 2. The van der Waals surface area contributed by atoms with Crippen LogP contribution in [0.1, 0.15) is 34.3 Å². The highest BCUT2D eigenvalue weighted by molar-refractivity contribution is 6.24. The molecule has 16 nitrogen and oxygen atoms in total. The van der Waals surface area contributed by atoms with Gasteiger partial charge in [-0.15, -0.1) is 0 Å². The summed E-state index contributed by atoms with van der Waals surface area (Å²) in [5.74, 6) is -4.04. The third kappa shape index (κ3) is 6.64. The lowest BCUT2D eigenvalue weighted by Gasteiger charge is -2.28. The van der Waals surface area contributed by atoms with Gasteiger partial charge >= 0.3 is 0 Å². The second-order valence-electron chi connectivity index (χ2n) is 15.6. The Balaban J connectivity index is 0.859. The standard InChI is InChI=1S/C47H34N6O10/c54-44-38-40(30-9-7-15-36(26-30)52(58)59)50(34-11-3-1-4-12-34)62-42(38)46(56)48(44)32-21-17-28(18-22-32)25-29-19-23-33(24-20-29)49-45(55)39-41(31-10-8-16-37(27-31)53(60)61)51(63-43(39)47(49)57)35-13-5-2-6-14-35/h1-24,26-27,38-43H,25H2. The Labute approximate surface area is 358 Å². The van der Waals surface area contributed by atoms with Crippen molar-refractivity contribution in [3.8, 4) is 0 Å². The van der Waals surface area contributed by atoms with Crippen molar-refractivity contribution < 1.29 is 38.7 Å². The van der Waals surface area contributed by atoms with Gasteiger partial charge in [0.1, 0.15) is 11.8 Å². The van der Waals surface area contributed by atoms with E-state index in [0.29, 0.717) is 40.3 Å². The fraction of sp³-hybridized carbons (Fsp3) is 0.149. The Morgan fingerprint density at radius 2 is 0.825 bits per heavy atom. The summed E-state index contributed by atoms with van der Waals surface area (Å²) >= 11 is 0. The number of rotatable bonds is 10. The van der Waals surface area contributed by atoms with Crippen LogP contribution in [0.3, 0.4) is 0 Å². The van der Waals surface area contributed by atoms with Gasteiger partial charge in [-0.2, -0.15) is 0 Å². The largest absolute Gasteiger partial charge is 0.273 e. The highest BCUT2D eigenvalue weighted by Gasteiger charge is 2.61. The molecule has 6 atom stereocenters. The van der Waals surface area contributed by atoms with Crippen LogP contribution in [-0.4, -0.2) is 45.7 Å². The molecular formula is C47H34N6O10. The average Bonchev–Trinajstić information content (AvgIpc) is 4.03. The predicted molar refractivity (Wildman–Crippen MR) is 227 cm³/mol. The van der Waals surface area contributed by atoms with Gasteiger partial charge < -0.3 is 0 Å². The number of hydrogen-bond donors (Lipinski definition) is 0. The van der Waals surface area contributed by atoms with E-state index >= 15 is 0 Å². The van der Waals surface area contributed by atoms with Gasteiger partial charge in [0.05, 0.1) is 44.7 Å². The Morgan fingerprint density at radius 3 is 1.19 bits per heavy atom. The Bertz CT molecular complexity index is 2630. The summed E-state index contributed by atoms with van der Waals surface area (Å²) in [6.07, 6.45) is -1.88. The van der Waals surface area contributed by atoms with Crippen molar-refractivity contribution in [2.75, 3.05) is 19.9 Å². The van der Waals surface area contributed by atoms with Crippen LogP contribution in [0.25, 0.3) is 0 Å². The van der Waals surface area contributed by atoms with Crippen molar-refractivity contribution in [1.82, 2.24) is 0 Å². The molecule has 4 fully saturated rings. The molecule has 10 rings (SSSR count). The monoisotopic (exact) mass is 842 g/mol. The van der Waals surface area contributed by atoms with Crippen LogP contribution < -0.4 is 19.9 Å². The molecule has 6 unspecified atom stereocenters. The first-order valence-corrected chi connectivity index (χ1v) is 20.0. The summed E-state index contributed by atoms with van der Waals surface area (Å²) in [5.41, 5.74) is 4.18. The molecule has 6 aromatic carbocycles. The number of carbonyl (C=O) groups excluding carboxylic acids is 4. The molecule has 4 heterocycles. The Kier molecular flexibility index (Phi) is 9.57. The van der Waals surface area contributed by atoms with Gasteiger partial charge in [0.2, 0.25) is 11.8 Å². The van der Waals surface area contributed by atoms with Crippen LogP contribution in [0.4, 0.5) is 34.1 Å². The molecule has 6 aromatic rings. The molecule has 0 bridgehead atoms. The van der Waals surface area contributed by atoms with Crippen LogP contribution in [0, 0.1) is 32.1 Å². The molecule has 4 aliphatic rings. The molecule has 4 aliphatic heterocycles. The summed E-state index contributed by atoms with van der Waals surface area (Å²) in [4.78, 5) is 93.1. The molecule has 0 aromatic heterocycles. The molecule has 63 heavy (non-hydrogen) atoms. The van der Waals surface area contributed by atoms with Crippen LogP contribution >= 0.6 is 0 Å². The van der Waals surface area contributed by atoms with Crippen LogP contribution in [0.15, 0.2) is 158 Å². The SMILES string of the molecule is O=C1C2ON(c3ccccc3)C(c3cccc([N+](=O)[O-])c3)C2C(=O)N1c1ccc(Cc2ccc(N3C(=O)C4ON(c5ccccc5)C(c5cccc([N+](=O)[O-])c5)C4C3=O)cc2)cc1. The number of benzene rings is 6. The van der Waals surface area contributed by atoms with Crippen LogP contribution in [0.2, 0.25) is 0 Å². The number of nitro benzene ring substituents is 2. The number of nitrogens with zero attached hydrogens (tertiary/aromatic N) is 6. The van der Waals surface area contributed by atoms with Gasteiger partial charge in [-0.3, -0.25) is 49.1 Å². The normalized spacial score (nSPS) is 22.8. The number of para-hydroxylation sites is 2. The maximum atomic E-state index is 14.2. The summed E-state index contributed by atoms with van der Waals surface area (Å²) in [7, 11) is 0. The van der Waals surface area contributed by atoms with E-state index in [1.54, 1.807) is 121 Å². The molecule has 0 aliphatic carbocycles. The zero-order valence-electron chi connectivity index (χ0n) is 32.9. The molecule has 16 heteroatoms. The lowest BCUT2D eigenvalue weighted by atomic mass is 9.90. The number of fused-ring (bicyclic) bond motifs is 2. The number of anilines is 4. The Morgan fingerprint density at radius 1 is 0.444 bits per heavy atom. The minimum atomic E-state index is -1.16. The number of hydrogen-bond acceptors (Lipinski definition) is 12. The van der Waals surface area contributed by atoms with E-state index in [2.05, 4.69) is 0 Å². The summed E-state index contributed by atoms with van der Waals surface area (Å²) in [6, 6.07) is 42.1. The molecule has 4 amide bonds. The molecule has 312 valence electrons. The Hall–Kier alpha value is -8.08. The van der Waals surface area contributed by atoms with Gasteiger partial charge in [-0.1, -0.05) is 84.9 Å². The first-order valence-electron chi connectivity index (χ1n) is 20.0. The topological polar surface area (TPSA) is 186 Å². The first-order chi connectivity index (χ1) is 30.6. The van der Waals surface area contributed by atoms with E-state index in [9.17, 15) is 39.4 Å². The zero-order valence-corrected chi connectivity index (χ0v) is 32.9. The van der Waals surface area contributed by atoms with Crippen molar-refractivity contribution in [2.24, 2.45) is 11.8 Å².